The minimum Gasteiger partial charge on any atom is -0.377 e. The van der Waals surface area contributed by atoms with Gasteiger partial charge >= 0.3 is 0 Å². The summed E-state index contributed by atoms with van der Waals surface area (Å²) in [5.74, 6) is 0.700. The van der Waals surface area contributed by atoms with E-state index in [0.717, 1.165) is 26.1 Å². The van der Waals surface area contributed by atoms with Gasteiger partial charge in [0.05, 0.1) is 12.7 Å². The molecule has 2 nitrogen and oxygen atoms in total. The molecule has 0 amide bonds. The molecule has 1 aromatic carbocycles. The van der Waals surface area contributed by atoms with Crippen LogP contribution < -0.4 is 5.32 Å². The third kappa shape index (κ3) is 7.14. The highest BCUT2D eigenvalue weighted by Crippen LogP contribution is 2.01. The van der Waals surface area contributed by atoms with E-state index in [0.29, 0.717) is 5.92 Å². The molecular weight excluding hydrogens is 210 g/mol. The Kier molecular flexibility index (Phi) is 6.90. The van der Waals surface area contributed by atoms with Crippen LogP contribution in [0.15, 0.2) is 30.3 Å². The monoisotopic (exact) mass is 235 g/mol. The molecule has 1 rings (SSSR count). The van der Waals surface area contributed by atoms with Gasteiger partial charge in [0.1, 0.15) is 0 Å². The predicted molar refractivity (Wildman–Crippen MR) is 73.3 cm³/mol. The van der Waals surface area contributed by atoms with Gasteiger partial charge in [0.15, 0.2) is 0 Å². The number of ether oxygens (including phenoxy) is 1. The van der Waals surface area contributed by atoms with E-state index in [4.69, 9.17) is 4.74 Å². The number of rotatable bonds is 8. The zero-order valence-electron chi connectivity index (χ0n) is 11.3. The Hall–Kier alpha value is -0.860. The SMILES string of the molecule is CC(C)CNCC(C)OCCc1ccccc1. The average molecular weight is 235 g/mol. The lowest BCUT2D eigenvalue weighted by atomic mass is 10.2. The van der Waals surface area contributed by atoms with Crippen molar-refractivity contribution in [3.05, 3.63) is 35.9 Å². The average Bonchev–Trinajstić information content (AvgIpc) is 2.30. The Bertz CT molecular complexity index is 284. The Balaban J connectivity index is 2.06. The van der Waals surface area contributed by atoms with E-state index in [1.54, 1.807) is 0 Å². The van der Waals surface area contributed by atoms with Gasteiger partial charge < -0.3 is 10.1 Å². The molecule has 0 radical (unpaired) electrons. The largest absolute Gasteiger partial charge is 0.377 e. The highest BCUT2D eigenvalue weighted by molar-refractivity contribution is 5.14. The van der Waals surface area contributed by atoms with Crippen molar-refractivity contribution in [1.29, 1.82) is 0 Å². The van der Waals surface area contributed by atoms with Gasteiger partial charge in [-0.25, -0.2) is 0 Å². The van der Waals surface area contributed by atoms with Crippen LogP contribution in [0.4, 0.5) is 0 Å². The van der Waals surface area contributed by atoms with Crippen molar-refractivity contribution >= 4 is 0 Å². The van der Waals surface area contributed by atoms with Crippen molar-refractivity contribution in [3.8, 4) is 0 Å². The van der Waals surface area contributed by atoms with Crippen LogP contribution in [0.25, 0.3) is 0 Å². The minimum atomic E-state index is 0.289. The molecule has 0 aliphatic heterocycles. The first kappa shape index (κ1) is 14.2. The molecular formula is C15H25NO. The fraction of sp³-hybridized carbons (Fsp3) is 0.600. The highest BCUT2D eigenvalue weighted by atomic mass is 16.5. The molecule has 1 N–H and O–H groups in total. The van der Waals surface area contributed by atoms with Crippen LogP contribution in [0.5, 0.6) is 0 Å². The van der Waals surface area contributed by atoms with E-state index in [2.05, 4.69) is 50.4 Å². The lowest BCUT2D eigenvalue weighted by Gasteiger charge is -2.15. The fourth-order valence-corrected chi connectivity index (χ4v) is 1.66. The van der Waals surface area contributed by atoms with Gasteiger partial charge in [-0.2, -0.15) is 0 Å². The zero-order chi connectivity index (χ0) is 12.5. The maximum Gasteiger partial charge on any atom is 0.0671 e. The van der Waals surface area contributed by atoms with Crippen molar-refractivity contribution in [2.45, 2.75) is 33.3 Å². The molecule has 0 heterocycles. The smallest absolute Gasteiger partial charge is 0.0671 e. The van der Waals surface area contributed by atoms with E-state index in [-0.39, 0.29) is 6.10 Å². The molecule has 0 fully saturated rings. The maximum absolute atomic E-state index is 5.77. The Morgan fingerprint density at radius 3 is 2.41 bits per heavy atom. The summed E-state index contributed by atoms with van der Waals surface area (Å²) in [5, 5.41) is 3.41. The molecule has 2 heteroatoms. The van der Waals surface area contributed by atoms with Gasteiger partial charge in [0.2, 0.25) is 0 Å². The van der Waals surface area contributed by atoms with Gasteiger partial charge in [-0.15, -0.1) is 0 Å². The lowest BCUT2D eigenvalue weighted by molar-refractivity contribution is 0.0678. The summed E-state index contributed by atoms with van der Waals surface area (Å²) < 4.78 is 5.77. The van der Waals surface area contributed by atoms with Crippen LogP contribution >= 0.6 is 0 Å². The Labute approximate surface area is 105 Å². The van der Waals surface area contributed by atoms with Crippen LogP contribution in [0.2, 0.25) is 0 Å². The molecule has 0 aliphatic rings. The summed E-state index contributed by atoms with van der Waals surface area (Å²) in [6.07, 6.45) is 1.28. The summed E-state index contributed by atoms with van der Waals surface area (Å²) >= 11 is 0. The van der Waals surface area contributed by atoms with Crippen LogP contribution in [-0.2, 0) is 11.2 Å². The van der Waals surface area contributed by atoms with Gasteiger partial charge in [-0.3, -0.25) is 0 Å². The first-order valence-electron chi connectivity index (χ1n) is 6.54. The fourth-order valence-electron chi connectivity index (χ4n) is 1.66. The van der Waals surface area contributed by atoms with Gasteiger partial charge in [-0.1, -0.05) is 44.2 Å². The van der Waals surface area contributed by atoms with Gasteiger partial charge in [0, 0.05) is 6.54 Å². The second kappa shape index (κ2) is 8.26. The number of nitrogens with one attached hydrogen (secondary N) is 1. The van der Waals surface area contributed by atoms with Gasteiger partial charge in [0.25, 0.3) is 0 Å². The Morgan fingerprint density at radius 2 is 1.76 bits per heavy atom. The normalized spacial score (nSPS) is 12.9. The van der Waals surface area contributed by atoms with E-state index in [1.807, 2.05) is 6.07 Å². The zero-order valence-corrected chi connectivity index (χ0v) is 11.3. The summed E-state index contributed by atoms with van der Waals surface area (Å²) in [4.78, 5) is 0. The molecule has 0 saturated heterocycles. The number of hydrogen-bond donors (Lipinski definition) is 1. The second-order valence-electron chi connectivity index (χ2n) is 4.97. The first-order valence-corrected chi connectivity index (χ1v) is 6.54. The molecule has 0 spiro atoms. The van der Waals surface area contributed by atoms with Crippen molar-refractivity contribution in [3.63, 3.8) is 0 Å². The first-order chi connectivity index (χ1) is 8.18. The quantitative estimate of drug-likeness (QED) is 0.748. The standard InChI is InChI=1S/C15H25NO/c1-13(2)11-16-12-14(3)17-10-9-15-7-5-4-6-8-15/h4-8,13-14,16H,9-12H2,1-3H3. The number of benzene rings is 1. The van der Waals surface area contributed by atoms with Crippen LogP contribution in [-0.4, -0.2) is 25.8 Å². The summed E-state index contributed by atoms with van der Waals surface area (Å²) in [5.41, 5.74) is 1.34. The lowest BCUT2D eigenvalue weighted by Crippen LogP contribution is -2.30. The molecule has 0 saturated carbocycles. The molecule has 17 heavy (non-hydrogen) atoms. The highest BCUT2D eigenvalue weighted by Gasteiger charge is 2.02. The van der Waals surface area contributed by atoms with Crippen LogP contribution in [0.1, 0.15) is 26.3 Å². The minimum absolute atomic E-state index is 0.289. The van der Waals surface area contributed by atoms with Gasteiger partial charge in [-0.05, 0) is 31.4 Å². The summed E-state index contributed by atoms with van der Waals surface area (Å²) in [7, 11) is 0. The molecule has 96 valence electrons. The van der Waals surface area contributed by atoms with Crippen molar-refractivity contribution in [2.75, 3.05) is 19.7 Å². The van der Waals surface area contributed by atoms with Crippen LogP contribution in [0.3, 0.4) is 0 Å². The molecule has 0 bridgehead atoms. The summed E-state index contributed by atoms with van der Waals surface area (Å²) in [6, 6.07) is 10.5. The molecule has 1 aromatic rings. The predicted octanol–water partition coefficient (Wildman–Crippen LogP) is 2.88. The third-order valence-electron chi connectivity index (χ3n) is 2.62. The van der Waals surface area contributed by atoms with Crippen molar-refractivity contribution < 1.29 is 4.74 Å². The topological polar surface area (TPSA) is 21.3 Å². The van der Waals surface area contributed by atoms with E-state index in [1.165, 1.54) is 5.56 Å². The number of hydrogen-bond acceptors (Lipinski definition) is 2. The molecule has 0 aromatic heterocycles. The van der Waals surface area contributed by atoms with Crippen LogP contribution in [0, 0.1) is 5.92 Å². The third-order valence-corrected chi connectivity index (χ3v) is 2.62. The summed E-state index contributed by atoms with van der Waals surface area (Å²) in [6.45, 7) is 9.36. The van der Waals surface area contributed by atoms with Crippen molar-refractivity contribution in [2.24, 2.45) is 5.92 Å². The second-order valence-corrected chi connectivity index (χ2v) is 4.97. The molecule has 1 unspecified atom stereocenters. The van der Waals surface area contributed by atoms with E-state index >= 15 is 0 Å². The Morgan fingerprint density at radius 1 is 1.06 bits per heavy atom. The van der Waals surface area contributed by atoms with E-state index in [9.17, 15) is 0 Å². The van der Waals surface area contributed by atoms with E-state index < -0.39 is 0 Å². The molecule has 1 atom stereocenters. The van der Waals surface area contributed by atoms with Crippen molar-refractivity contribution in [1.82, 2.24) is 5.32 Å². The molecule has 0 aliphatic carbocycles. The maximum atomic E-state index is 5.77.